The minimum atomic E-state index is -0.520. The van der Waals surface area contributed by atoms with Crippen LogP contribution in [0.1, 0.15) is 33.1 Å². The molecule has 0 bridgehead atoms. The molecule has 0 radical (unpaired) electrons. The molecule has 3 rings (SSSR count). The molecule has 0 aromatic heterocycles. The van der Waals surface area contributed by atoms with Crippen molar-refractivity contribution >= 4 is 23.2 Å². The molecule has 0 fully saturated rings. The average Bonchev–Trinajstić information content (AvgIpc) is 2.75. The van der Waals surface area contributed by atoms with Gasteiger partial charge in [-0.2, -0.15) is 0 Å². The van der Waals surface area contributed by atoms with Gasteiger partial charge in [0.15, 0.2) is 24.2 Å². The summed E-state index contributed by atoms with van der Waals surface area (Å²) in [5.41, 5.74) is 1.26. The molecule has 1 aliphatic heterocycles. The summed E-state index contributed by atoms with van der Waals surface area (Å²) in [5, 5.41) is 2.82. The van der Waals surface area contributed by atoms with Gasteiger partial charge in [0, 0.05) is 12.2 Å². The first-order valence-corrected chi connectivity index (χ1v) is 10.2. The number of carbonyl (C=O) groups excluding carboxylic acids is 2. The second kappa shape index (κ2) is 10.0. The Kier molecular flexibility index (Phi) is 7.17. The molecule has 0 saturated carbocycles. The fourth-order valence-corrected chi connectivity index (χ4v) is 3.31. The number of amides is 2. The van der Waals surface area contributed by atoms with Crippen LogP contribution in [-0.4, -0.2) is 38.2 Å². The van der Waals surface area contributed by atoms with Crippen molar-refractivity contribution in [3.05, 3.63) is 42.5 Å². The summed E-state index contributed by atoms with van der Waals surface area (Å²) in [6.45, 7) is 4.34. The maximum atomic E-state index is 12.6. The number of unbranched alkanes of at least 4 members (excludes halogenated alkanes) is 2. The van der Waals surface area contributed by atoms with Crippen LogP contribution in [-0.2, 0) is 9.59 Å². The van der Waals surface area contributed by atoms with E-state index in [2.05, 4.69) is 12.2 Å². The highest BCUT2D eigenvalue weighted by atomic mass is 16.5. The van der Waals surface area contributed by atoms with Gasteiger partial charge in [-0.05, 0) is 43.7 Å². The maximum Gasteiger partial charge on any atom is 0.267 e. The van der Waals surface area contributed by atoms with Crippen molar-refractivity contribution in [2.45, 2.75) is 39.2 Å². The predicted octanol–water partition coefficient (Wildman–Crippen LogP) is 4.02. The minimum Gasteiger partial charge on any atom is -0.493 e. The van der Waals surface area contributed by atoms with E-state index in [0.717, 1.165) is 19.3 Å². The van der Waals surface area contributed by atoms with E-state index in [1.807, 2.05) is 12.1 Å². The molecular weight excluding hydrogens is 384 g/mol. The van der Waals surface area contributed by atoms with Gasteiger partial charge in [-0.1, -0.05) is 31.9 Å². The number of anilines is 2. The number of benzene rings is 2. The molecule has 2 amide bonds. The summed E-state index contributed by atoms with van der Waals surface area (Å²) < 4.78 is 16.5. The standard InChI is InChI=1S/C23H28N2O5/c1-4-5-8-13-25-18-14-17(11-12-19(18)30-16(2)23(25)27)24-22(26)15-29-21-10-7-6-9-20(21)28-3/h6-7,9-12,14,16H,4-5,8,13,15H2,1-3H3,(H,24,26). The number of nitrogens with one attached hydrogen (secondary N) is 1. The molecule has 1 heterocycles. The van der Waals surface area contributed by atoms with Gasteiger partial charge in [0.1, 0.15) is 5.75 Å². The average molecular weight is 412 g/mol. The largest absolute Gasteiger partial charge is 0.493 e. The Bertz CT molecular complexity index is 899. The van der Waals surface area contributed by atoms with E-state index in [1.165, 1.54) is 0 Å². The molecule has 2 aromatic carbocycles. The predicted molar refractivity (Wildman–Crippen MR) is 116 cm³/mol. The molecule has 0 spiro atoms. The molecule has 0 aliphatic carbocycles. The summed E-state index contributed by atoms with van der Waals surface area (Å²) in [7, 11) is 1.55. The molecule has 7 heteroatoms. The normalized spacial score (nSPS) is 15.2. The molecule has 160 valence electrons. The number of para-hydroxylation sites is 2. The zero-order chi connectivity index (χ0) is 21.5. The van der Waals surface area contributed by atoms with Crippen LogP contribution in [0.2, 0.25) is 0 Å². The molecule has 30 heavy (non-hydrogen) atoms. The molecule has 1 aliphatic rings. The molecule has 2 aromatic rings. The third-order valence-electron chi connectivity index (χ3n) is 4.86. The van der Waals surface area contributed by atoms with Crippen molar-refractivity contribution in [3.63, 3.8) is 0 Å². The van der Waals surface area contributed by atoms with Crippen molar-refractivity contribution in [1.29, 1.82) is 0 Å². The van der Waals surface area contributed by atoms with Crippen LogP contribution in [0.4, 0.5) is 11.4 Å². The number of rotatable bonds is 9. The van der Waals surface area contributed by atoms with Crippen molar-refractivity contribution < 1.29 is 23.8 Å². The summed E-state index contributed by atoms with van der Waals surface area (Å²) >= 11 is 0. The highest BCUT2D eigenvalue weighted by Gasteiger charge is 2.31. The maximum absolute atomic E-state index is 12.6. The van der Waals surface area contributed by atoms with Gasteiger partial charge in [0.25, 0.3) is 11.8 Å². The first-order chi connectivity index (χ1) is 14.5. The first kappa shape index (κ1) is 21.5. The van der Waals surface area contributed by atoms with Gasteiger partial charge in [-0.15, -0.1) is 0 Å². The van der Waals surface area contributed by atoms with Gasteiger partial charge < -0.3 is 24.4 Å². The van der Waals surface area contributed by atoms with Gasteiger partial charge in [0.05, 0.1) is 12.8 Å². The van der Waals surface area contributed by atoms with Gasteiger partial charge in [0.2, 0.25) is 0 Å². The number of ether oxygens (including phenoxy) is 3. The van der Waals surface area contributed by atoms with Crippen molar-refractivity contribution in [3.8, 4) is 17.2 Å². The molecule has 1 unspecified atom stereocenters. The Morgan fingerprint density at radius 1 is 1.17 bits per heavy atom. The van der Waals surface area contributed by atoms with Crippen molar-refractivity contribution in [1.82, 2.24) is 0 Å². The lowest BCUT2D eigenvalue weighted by Crippen LogP contribution is -2.44. The van der Waals surface area contributed by atoms with Crippen LogP contribution < -0.4 is 24.4 Å². The van der Waals surface area contributed by atoms with E-state index in [1.54, 1.807) is 49.3 Å². The smallest absolute Gasteiger partial charge is 0.267 e. The molecule has 7 nitrogen and oxygen atoms in total. The summed E-state index contributed by atoms with van der Waals surface area (Å²) in [4.78, 5) is 26.7. The molecule has 0 saturated heterocycles. The monoisotopic (exact) mass is 412 g/mol. The second-order valence-electron chi connectivity index (χ2n) is 7.13. The van der Waals surface area contributed by atoms with Crippen LogP contribution in [0.5, 0.6) is 17.2 Å². The molecule has 1 atom stereocenters. The van der Waals surface area contributed by atoms with Crippen LogP contribution in [0.25, 0.3) is 0 Å². The van der Waals surface area contributed by atoms with Crippen molar-refractivity contribution in [2.75, 3.05) is 30.5 Å². The lowest BCUT2D eigenvalue weighted by molar-refractivity contribution is -0.125. The van der Waals surface area contributed by atoms with Gasteiger partial charge in [-0.25, -0.2) is 0 Å². The van der Waals surface area contributed by atoms with E-state index < -0.39 is 6.10 Å². The number of fused-ring (bicyclic) bond motifs is 1. The number of hydrogen-bond donors (Lipinski definition) is 1. The third kappa shape index (κ3) is 5.03. The number of carbonyl (C=O) groups is 2. The van der Waals surface area contributed by atoms with Crippen LogP contribution in [0.15, 0.2) is 42.5 Å². The Labute approximate surface area is 176 Å². The fraction of sp³-hybridized carbons (Fsp3) is 0.391. The fourth-order valence-electron chi connectivity index (χ4n) is 3.31. The number of nitrogens with zero attached hydrogens (tertiary/aromatic N) is 1. The highest BCUT2D eigenvalue weighted by molar-refractivity contribution is 6.01. The zero-order valence-corrected chi connectivity index (χ0v) is 17.6. The zero-order valence-electron chi connectivity index (χ0n) is 17.6. The van der Waals surface area contributed by atoms with E-state index in [-0.39, 0.29) is 18.4 Å². The minimum absolute atomic E-state index is 0.0680. The van der Waals surface area contributed by atoms with Crippen LogP contribution in [0.3, 0.4) is 0 Å². The van der Waals surface area contributed by atoms with E-state index in [0.29, 0.717) is 35.2 Å². The lowest BCUT2D eigenvalue weighted by atomic mass is 10.1. The summed E-state index contributed by atoms with van der Waals surface area (Å²) in [5.74, 6) is 1.32. The highest BCUT2D eigenvalue weighted by Crippen LogP contribution is 2.36. The van der Waals surface area contributed by atoms with Gasteiger partial charge in [-0.3, -0.25) is 9.59 Å². The molecule has 1 N–H and O–H groups in total. The Morgan fingerprint density at radius 3 is 2.67 bits per heavy atom. The number of hydrogen-bond acceptors (Lipinski definition) is 5. The molecular formula is C23H28N2O5. The number of methoxy groups -OCH3 is 1. The quantitative estimate of drug-likeness (QED) is 0.630. The Hall–Kier alpha value is -3.22. The SMILES string of the molecule is CCCCCN1C(=O)C(C)Oc2ccc(NC(=O)COc3ccccc3OC)cc21. The third-order valence-corrected chi connectivity index (χ3v) is 4.86. The van der Waals surface area contributed by atoms with E-state index in [9.17, 15) is 9.59 Å². The van der Waals surface area contributed by atoms with E-state index in [4.69, 9.17) is 14.2 Å². The summed E-state index contributed by atoms with van der Waals surface area (Å²) in [6, 6.07) is 12.4. The summed E-state index contributed by atoms with van der Waals surface area (Å²) in [6.07, 6.45) is 2.51. The topological polar surface area (TPSA) is 77.1 Å². The van der Waals surface area contributed by atoms with Crippen molar-refractivity contribution in [2.24, 2.45) is 0 Å². The Morgan fingerprint density at radius 2 is 1.93 bits per heavy atom. The first-order valence-electron chi connectivity index (χ1n) is 10.2. The van der Waals surface area contributed by atoms with Gasteiger partial charge >= 0.3 is 0 Å². The van der Waals surface area contributed by atoms with Crippen LogP contribution in [0, 0.1) is 0 Å². The van der Waals surface area contributed by atoms with E-state index >= 15 is 0 Å². The lowest BCUT2D eigenvalue weighted by Gasteiger charge is -2.33. The van der Waals surface area contributed by atoms with Crippen LogP contribution >= 0.6 is 0 Å². The Balaban J connectivity index is 1.68. The second-order valence-corrected chi connectivity index (χ2v) is 7.13.